The molecule has 1 aromatic carbocycles. The van der Waals surface area contributed by atoms with Crippen LogP contribution in [0.1, 0.15) is 37.5 Å². The Bertz CT molecular complexity index is 988. The summed E-state index contributed by atoms with van der Waals surface area (Å²) in [5.74, 6) is -1.40. The molecule has 0 saturated carbocycles. The van der Waals surface area contributed by atoms with E-state index in [4.69, 9.17) is 18.9 Å². The average molecular weight is 491 g/mol. The lowest BCUT2D eigenvalue weighted by molar-refractivity contribution is -0.760. The summed E-state index contributed by atoms with van der Waals surface area (Å²) in [6.45, 7) is 6.75. The summed E-state index contributed by atoms with van der Waals surface area (Å²) >= 11 is 0. The first-order chi connectivity index (χ1) is 15.6. The molecule has 1 aromatic rings. The SMILES string of the molecule is Cc1cc(C)c2c(c1)C=C(C(=O)OC(C)OC(=O)OCC(C)(C)CO[N+](=O)[O-])[C@@H](C(F)(F)F)O2. The maximum atomic E-state index is 13.6. The molecule has 0 amide bonds. The van der Waals surface area contributed by atoms with Crippen molar-refractivity contribution < 1.29 is 51.6 Å². The number of nitrogens with zero attached hydrogens (tertiary/aromatic N) is 1. The van der Waals surface area contributed by atoms with Gasteiger partial charge in [-0.15, -0.1) is 10.1 Å². The molecule has 0 radical (unpaired) electrons. The molecular weight excluding hydrogens is 467 g/mol. The van der Waals surface area contributed by atoms with Crippen LogP contribution in [-0.2, 0) is 23.8 Å². The second-order valence-electron chi connectivity index (χ2n) is 8.43. The summed E-state index contributed by atoms with van der Waals surface area (Å²) in [7, 11) is 0. The zero-order valence-corrected chi connectivity index (χ0v) is 19.1. The maximum absolute atomic E-state index is 13.6. The van der Waals surface area contributed by atoms with Crippen LogP contribution in [0.4, 0.5) is 18.0 Å². The van der Waals surface area contributed by atoms with E-state index in [2.05, 4.69) is 4.84 Å². The summed E-state index contributed by atoms with van der Waals surface area (Å²) in [4.78, 5) is 38.8. The van der Waals surface area contributed by atoms with Crippen LogP contribution in [0.15, 0.2) is 17.7 Å². The number of rotatable bonds is 8. The van der Waals surface area contributed by atoms with E-state index in [0.29, 0.717) is 5.56 Å². The summed E-state index contributed by atoms with van der Waals surface area (Å²) < 4.78 is 60.3. The number of hydrogen-bond acceptors (Lipinski definition) is 9. The fraction of sp³-hybridized carbons (Fsp3) is 0.524. The Balaban J connectivity index is 2.06. The van der Waals surface area contributed by atoms with Crippen molar-refractivity contribution in [3.63, 3.8) is 0 Å². The van der Waals surface area contributed by atoms with Crippen molar-refractivity contribution in [2.45, 2.75) is 53.2 Å². The van der Waals surface area contributed by atoms with Gasteiger partial charge in [-0.1, -0.05) is 25.5 Å². The number of alkyl halides is 3. The first-order valence-corrected chi connectivity index (χ1v) is 9.97. The quantitative estimate of drug-likeness (QED) is 0.227. The summed E-state index contributed by atoms with van der Waals surface area (Å²) in [6, 6.07) is 3.21. The van der Waals surface area contributed by atoms with Gasteiger partial charge in [-0.2, -0.15) is 13.2 Å². The number of carbonyl (C=O) groups is 2. The number of benzene rings is 1. The van der Waals surface area contributed by atoms with Gasteiger partial charge in [-0.05, 0) is 31.6 Å². The monoisotopic (exact) mass is 491 g/mol. The second-order valence-corrected chi connectivity index (χ2v) is 8.43. The number of hydrogen-bond donors (Lipinski definition) is 0. The summed E-state index contributed by atoms with van der Waals surface area (Å²) in [6.07, 6.45) is -9.36. The van der Waals surface area contributed by atoms with Crippen LogP contribution in [0.3, 0.4) is 0 Å². The smallest absolute Gasteiger partial charge is 0.475 e. The number of esters is 1. The molecule has 0 N–H and O–H groups in total. The Morgan fingerprint density at radius 2 is 1.82 bits per heavy atom. The van der Waals surface area contributed by atoms with E-state index in [-0.39, 0.29) is 24.5 Å². The van der Waals surface area contributed by atoms with Gasteiger partial charge in [0, 0.05) is 17.9 Å². The first-order valence-electron chi connectivity index (χ1n) is 9.97. The van der Waals surface area contributed by atoms with E-state index in [1.54, 1.807) is 26.0 Å². The molecule has 10 nitrogen and oxygen atoms in total. The number of ether oxygens (including phenoxy) is 4. The van der Waals surface area contributed by atoms with Gasteiger partial charge in [0.1, 0.15) is 19.0 Å². The van der Waals surface area contributed by atoms with Crippen LogP contribution >= 0.6 is 0 Å². The molecule has 34 heavy (non-hydrogen) atoms. The van der Waals surface area contributed by atoms with Crippen LogP contribution < -0.4 is 4.74 Å². The summed E-state index contributed by atoms with van der Waals surface area (Å²) in [5, 5.41) is 9.27. The largest absolute Gasteiger partial charge is 0.511 e. The number of fused-ring (bicyclic) bond motifs is 1. The highest BCUT2D eigenvalue weighted by Gasteiger charge is 2.49. The first kappa shape index (κ1) is 26.7. The molecule has 2 rings (SSSR count). The van der Waals surface area contributed by atoms with Gasteiger partial charge >= 0.3 is 18.3 Å². The zero-order chi connectivity index (χ0) is 25.8. The molecule has 0 bridgehead atoms. The molecule has 0 spiro atoms. The van der Waals surface area contributed by atoms with Crippen molar-refractivity contribution in [1.29, 1.82) is 0 Å². The molecule has 0 saturated heterocycles. The molecule has 0 aromatic heterocycles. The molecule has 188 valence electrons. The minimum Gasteiger partial charge on any atom is -0.475 e. The Morgan fingerprint density at radius 1 is 1.18 bits per heavy atom. The molecule has 0 aliphatic carbocycles. The molecule has 2 atom stereocenters. The lowest BCUT2D eigenvalue weighted by Crippen LogP contribution is -2.41. The molecule has 1 heterocycles. The molecule has 0 fully saturated rings. The van der Waals surface area contributed by atoms with Crippen molar-refractivity contribution in [1.82, 2.24) is 0 Å². The molecule has 13 heteroatoms. The number of carbonyl (C=O) groups excluding carboxylic acids is 2. The Morgan fingerprint density at radius 3 is 2.41 bits per heavy atom. The van der Waals surface area contributed by atoms with E-state index in [9.17, 15) is 32.9 Å². The van der Waals surface area contributed by atoms with Crippen molar-refractivity contribution in [3.05, 3.63) is 44.5 Å². The Labute approximate surface area is 192 Å². The minimum atomic E-state index is -4.92. The molecule has 1 aliphatic heterocycles. The lowest BCUT2D eigenvalue weighted by atomic mass is 9.97. The van der Waals surface area contributed by atoms with Crippen molar-refractivity contribution in [2.75, 3.05) is 13.2 Å². The van der Waals surface area contributed by atoms with Gasteiger partial charge in [0.2, 0.25) is 12.4 Å². The predicted octanol–water partition coefficient (Wildman–Crippen LogP) is 4.29. The average Bonchev–Trinajstić information content (AvgIpc) is 2.69. The van der Waals surface area contributed by atoms with Crippen LogP contribution in [0.25, 0.3) is 6.08 Å². The fourth-order valence-corrected chi connectivity index (χ4v) is 3.02. The predicted molar refractivity (Wildman–Crippen MR) is 109 cm³/mol. The van der Waals surface area contributed by atoms with Gasteiger partial charge in [0.05, 0.1) is 5.57 Å². The van der Waals surface area contributed by atoms with Crippen LogP contribution in [-0.4, -0.2) is 49.0 Å². The zero-order valence-electron chi connectivity index (χ0n) is 19.1. The molecule has 1 unspecified atom stereocenters. The minimum absolute atomic E-state index is 0.000949. The Kier molecular flexibility index (Phi) is 8.01. The fourth-order valence-electron chi connectivity index (χ4n) is 3.02. The molecular formula is C21H24F3NO9. The van der Waals surface area contributed by atoms with Crippen LogP contribution in [0.5, 0.6) is 5.75 Å². The lowest BCUT2D eigenvalue weighted by Gasteiger charge is -2.29. The van der Waals surface area contributed by atoms with Gasteiger partial charge in [0.25, 0.3) is 5.09 Å². The van der Waals surface area contributed by atoms with Crippen LogP contribution in [0, 0.1) is 29.4 Å². The van der Waals surface area contributed by atoms with E-state index in [1.165, 1.54) is 13.8 Å². The highest BCUT2D eigenvalue weighted by molar-refractivity contribution is 5.96. The van der Waals surface area contributed by atoms with Crippen LogP contribution in [0.2, 0.25) is 0 Å². The van der Waals surface area contributed by atoms with E-state index in [1.807, 2.05) is 0 Å². The van der Waals surface area contributed by atoms with Gasteiger partial charge in [-0.25, -0.2) is 9.59 Å². The van der Waals surface area contributed by atoms with Crippen molar-refractivity contribution in [2.24, 2.45) is 5.41 Å². The second kappa shape index (κ2) is 10.2. The van der Waals surface area contributed by atoms with E-state index >= 15 is 0 Å². The standard InChI is InChI=1S/C21H24F3NO9/c1-11-6-12(2)16-14(7-11)8-15(17(34-16)21(22,23)24)18(26)32-13(3)33-19(27)30-9-20(4,5)10-31-25(28)29/h6-8,13,17H,9-10H2,1-5H3/t13?,17-/m0/s1. The van der Waals surface area contributed by atoms with Gasteiger partial charge in [0.15, 0.2) is 0 Å². The van der Waals surface area contributed by atoms with Crippen molar-refractivity contribution >= 4 is 18.2 Å². The van der Waals surface area contributed by atoms with Gasteiger partial charge < -0.3 is 23.8 Å². The van der Waals surface area contributed by atoms with E-state index in [0.717, 1.165) is 18.6 Å². The Hall–Kier alpha value is -3.51. The molecule has 1 aliphatic rings. The third-order valence-electron chi connectivity index (χ3n) is 4.49. The third-order valence-corrected chi connectivity index (χ3v) is 4.49. The van der Waals surface area contributed by atoms with Gasteiger partial charge in [-0.3, -0.25) is 0 Å². The third kappa shape index (κ3) is 7.25. The number of halogens is 3. The highest BCUT2D eigenvalue weighted by atomic mass is 19.4. The normalized spacial score (nSPS) is 16.4. The van der Waals surface area contributed by atoms with Crippen molar-refractivity contribution in [3.8, 4) is 5.75 Å². The number of aryl methyl sites for hydroxylation is 2. The summed E-state index contributed by atoms with van der Waals surface area (Å²) in [5.41, 5.74) is -0.261. The van der Waals surface area contributed by atoms with E-state index < -0.39 is 46.8 Å². The topological polar surface area (TPSA) is 123 Å². The highest BCUT2D eigenvalue weighted by Crippen LogP contribution is 2.39. The maximum Gasteiger partial charge on any atom is 0.511 e.